The zero-order valence-corrected chi connectivity index (χ0v) is 11.0. The SMILES string of the molecule is CC(C)CCCOc1ccc([N+](=O)[O-])c(C(=O)O)c1. The second kappa shape index (κ2) is 6.72. The van der Waals surface area contributed by atoms with Crippen molar-refractivity contribution in [3.63, 3.8) is 0 Å². The summed E-state index contributed by atoms with van der Waals surface area (Å²) in [6, 6.07) is 3.76. The maximum absolute atomic E-state index is 10.9. The van der Waals surface area contributed by atoms with Crippen molar-refractivity contribution < 1.29 is 19.6 Å². The predicted octanol–water partition coefficient (Wildman–Crippen LogP) is 3.11. The van der Waals surface area contributed by atoms with Gasteiger partial charge in [0.1, 0.15) is 11.3 Å². The second-order valence-electron chi connectivity index (χ2n) is 4.63. The Labute approximate surface area is 111 Å². The minimum Gasteiger partial charge on any atom is -0.494 e. The molecule has 6 heteroatoms. The van der Waals surface area contributed by atoms with Gasteiger partial charge in [0.05, 0.1) is 11.5 Å². The van der Waals surface area contributed by atoms with E-state index in [1.807, 2.05) is 0 Å². The molecule has 0 radical (unpaired) electrons. The first kappa shape index (κ1) is 14.9. The summed E-state index contributed by atoms with van der Waals surface area (Å²) in [5.41, 5.74) is -0.784. The van der Waals surface area contributed by atoms with Gasteiger partial charge in [-0.1, -0.05) is 13.8 Å². The maximum Gasteiger partial charge on any atom is 0.342 e. The topological polar surface area (TPSA) is 89.7 Å². The molecule has 0 unspecified atom stereocenters. The molecule has 19 heavy (non-hydrogen) atoms. The summed E-state index contributed by atoms with van der Waals surface area (Å²) >= 11 is 0. The van der Waals surface area contributed by atoms with Crippen molar-refractivity contribution in [2.75, 3.05) is 6.61 Å². The van der Waals surface area contributed by atoms with Crippen LogP contribution in [-0.4, -0.2) is 22.6 Å². The van der Waals surface area contributed by atoms with Gasteiger partial charge in [0, 0.05) is 12.1 Å². The summed E-state index contributed by atoms with van der Waals surface area (Å²) in [6.07, 6.45) is 1.87. The summed E-state index contributed by atoms with van der Waals surface area (Å²) in [5.74, 6) is -0.416. The fourth-order valence-corrected chi connectivity index (χ4v) is 1.62. The van der Waals surface area contributed by atoms with E-state index < -0.39 is 16.6 Å². The third kappa shape index (κ3) is 4.57. The average molecular weight is 267 g/mol. The molecule has 1 rings (SSSR count). The van der Waals surface area contributed by atoms with Gasteiger partial charge in [-0.2, -0.15) is 0 Å². The Morgan fingerprint density at radius 1 is 1.47 bits per heavy atom. The largest absolute Gasteiger partial charge is 0.494 e. The zero-order chi connectivity index (χ0) is 14.4. The first-order valence-corrected chi connectivity index (χ1v) is 6.06. The summed E-state index contributed by atoms with van der Waals surface area (Å²) < 4.78 is 5.40. The summed E-state index contributed by atoms with van der Waals surface area (Å²) in [6.45, 7) is 4.68. The predicted molar refractivity (Wildman–Crippen MR) is 69.6 cm³/mol. The Morgan fingerprint density at radius 3 is 2.68 bits per heavy atom. The summed E-state index contributed by atoms with van der Waals surface area (Å²) in [4.78, 5) is 20.9. The molecule has 0 bridgehead atoms. The first-order chi connectivity index (χ1) is 8.91. The third-order valence-electron chi connectivity index (χ3n) is 2.59. The highest BCUT2D eigenvalue weighted by molar-refractivity contribution is 5.92. The van der Waals surface area contributed by atoms with Crippen molar-refractivity contribution in [1.82, 2.24) is 0 Å². The van der Waals surface area contributed by atoms with Gasteiger partial charge < -0.3 is 9.84 Å². The molecule has 0 spiro atoms. The normalized spacial score (nSPS) is 10.5. The van der Waals surface area contributed by atoms with Crippen LogP contribution in [0, 0.1) is 16.0 Å². The van der Waals surface area contributed by atoms with Crippen LogP contribution in [0.4, 0.5) is 5.69 Å². The Hall–Kier alpha value is -2.11. The molecule has 1 aromatic rings. The maximum atomic E-state index is 10.9. The van der Waals surface area contributed by atoms with Crippen LogP contribution in [0.3, 0.4) is 0 Å². The quantitative estimate of drug-likeness (QED) is 0.465. The molecule has 0 heterocycles. The fraction of sp³-hybridized carbons (Fsp3) is 0.462. The molecule has 0 aromatic heterocycles. The minimum atomic E-state index is -1.33. The van der Waals surface area contributed by atoms with E-state index in [1.54, 1.807) is 0 Å². The zero-order valence-electron chi connectivity index (χ0n) is 11.0. The van der Waals surface area contributed by atoms with Crippen LogP contribution in [0.25, 0.3) is 0 Å². The molecule has 104 valence electrons. The lowest BCUT2D eigenvalue weighted by molar-refractivity contribution is -0.385. The number of nitro groups is 1. The van der Waals surface area contributed by atoms with E-state index in [9.17, 15) is 14.9 Å². The third-order valence-corrected chi connectivity index (χ3v) is 2.59. The van der Waals surface area contributed by atoms with Gasteiger partial charge in [0.15, 0.2) is 0 Å². The number of carboxylic acid groups (broad SMARTS) is 1. The monoisotopic (exact) mass is 267 g/mol. The van der Waals surface area contributed by atoms with Crippen LogP contribution in [0.5, 0.6) is 5.75 Å². The van der Waals surface area contributed by atoms with Gasteiger partial charge in [-0.15, -0.1) is 0 Å². The Kier molecular flexibility index (Phi) is 5.29. The molecule has 0 atom stereocenters. The number of hydrogen-bond donors (Lipinski definition) is 1. The molecule has 0 aliphatic carbocycles. The van der Waals surface area contributed by atoms with Gasteiger partial charge in [-0.05, 0) is 24.8 Å². The van der Waals surface area contributed by atoms with Crippen LogP contribution < -0.4 is 4.74 Å². The van der Waals surface area contributed by atoms with E-state index in [2.05, 4.69) is 13.8 Å². The molecule has 6 nitrogen and oxygen atoms in total. The lowest BCUT2D eigenvalue weighted by Crippen LogP contribution is -2.05. The van der Waals surface area contributed by atoms with Crippen molar-refractivity contribution in [1.29, 1.82) is 0 Å². The lowest BCUT2D eigenvalue weighted by atomic mass is 10.1. The van der Waals surface area contributed by atoms with E-state index in [0.29, 0.717) is 18.3 Å². The molecule has 1 aromatic carbocycles. The number of carboxylic acids is 1. The van der Waals surface area contributed by atoms with Gasteiger partial charge in [-0.3, -0.25) is 10.1 Å². The molecule has 0 aliphatic rings. The van der Waals surface area contributed by atoms with Crippen molar-refractivity contribution >= 4 is 11.7 Å². The van der Waals surface area contributed by atoms with Crippen molar-refractivity contribution in [3.8, 4) is 5.75 Å². The number of nitrogens with zero attached hydrogens (tertiary/aromatic N) is 1. The van der Waals surface area contributed by atoms with E-state index in [0.717, 1.165) is 18.9 Å². The standard InChI is InChI=1S/C13H17NO5/c1-9(2)4-3-7-19-10-5-6-12(14(17)18)11(8-10)13(15)16/h5-6,8-9H,3-4,7H2,1-2H3,(H,15,16). The highest BCUT2D eigenvalue weighted by Crippen LogP contribution is 2.24. The lowest BCUT2D eigenvalue weighted by Gasteiger charge is -2.08. The minimum absolute atomic E-state index is 0.340. The van der Waals surface area contributed by atoms with Gasteiger partial charge >= 0.3 is 5.97 Å². The number of aromatic carboxylic acids is 1. The Balaban J connectivity index is 2.73. The smallest absolute Gasteiger partial charge is 0.342 e. The average Bonchev–Trinajstić information content (AvgIpc) is 2.33. The molecule has 0 aliphatic heterocycles. The highest BCUT2D eigenvalue weighted by atomic mass is 16.6. The number of carbonyl (C=O) groups is 1. The van der Waals surface area contributed by atoms with E-state index >= 15 is 0 Å². The Morgan fingerprint density at radius 2 is 2.16 bits per heavy atom. The van der Waals surface area contributed by atoms with Crippen LogP contribution in [0.1, 0.15) is 37.0 Å². The molecule has 1 N–H and O–H groups in total. The summed E-state index contributed by atoms with van der Waals surface area (Å²) in [5, 5.41) is 19.6. The van der Waals surface area contributed by atoms with Crippen molar-refractivity contribution in [2.24, 2.45) is 5.92 Å². The highest BCUT2D eigenvalue weighted by Gasteiger charge is 2.20. The second-order valence-corrected chi connectivity index (χ2v) is 4.63. The molecule has 0 amide bonds. The van der Waals surface area contributed by atoms with Gasteiger partial charge in [-0.25, -0.2) is 4.79 Å². The number of hydrogen-bond acceptors (Lipinski definition) is 4. The number of nitro benzene ring substituents is 1. The number of ether oxygens (including phenoxy) is 1. The molecular formula is C13H17NO5. The van der Waals surface area contributed by atoms with Crippen molar-refractivity contribution in [3.05, 3.63) is 33.9 Å². The molecular weight excluding hydrogens is 250 g/mol. The van der Waals surface area contributed by atoms with Crippen LogP contribution >= 0.6 is 0 Å². The number of rotatable bonds is 7. The van der Waals surface area contributed by atoms with Crippen LogP contribution in [0.15, 0.2) is 18.2 Å². The van der Waals surface area contributed by atoms with Crippen LogP contribution in [-0.2, 0) is 0 Å². The van der Waals surface area contributed by atoms with Gasteiger partial charge in [0.25, 0.3) is 5.69 Å². The van der Waals surface area contributed by atoms with E-state index in [4.69, 9.17) is 9.84 Å². The first-order valence-electron chi connectivity index (χ1n) is 6.06. The molecule has 0 saturated heterocycles. The molecule has 0 saturated carbocycles. The van der Waals surface area contributed by atoms with Crippen molar-refractivity contribution in [2.45, 2.75) is 26.7 Å². The molecule has 0 fully saturated rings. The van der Waals surface area contributed by atoms with Crippen LogP contribution in [0.2, 0.25) is 0 Å². The number of benzene rings is 1. The Bertz CT molecular complexity index is 470. The van der Waals surface area contributed by atoms with Gasteiger partial charge in [0.2, 0.25) is 0 Å². The summed E-state index contributed by atoms with van der Waals surface area (Å²) in [7, 11) is 0. The fourth-order valence-electron chi connectivity index (χ4n) is 1.62. The van der Waals surface area contributed by atoms with E-state index in [1.165, 1.54) is 12.1 Å². The van der Waals surface area contributed by atoms with E-state index in [-0.39, 0.29) is 5.56 Å².